The van der Waals surface area contributed by atoms with Crippen molar-refractivity contribution in [2.45, 2.75) is 20.8 Å². The molecular formula is C22H23N3O2. The number of anilines is 1. The lowest BCUT2D eigenvalue weighted by Crippen LogP contribution is -2.06. The van der Waals surface area contributed by atoms with Crippen LogP contribution in [0.2, 0.25) is 0 Å². The van der Waals surface area contributed by atoms with Gasteiger partial charge in [0.05, 0.1) is 24.1 Å². The molecule has 138 valence electrons. The SMILES string of the molecule is CCOC(=O)c1cccc(-n2c(C)cc(/C=N\Nc3ccccc3)c2C)c1. The van der Waals surface area contributed by atoms with Crippen molar-refractivity contribution >= 4 is 17.9 Å². The summed E-state index contributed by atoms with van der Waals surface area (Å²) in [5, 5.41) is 4.33. The van der Waals surface area contributed by atoms with Gasteiger partial charge in [-0.3, -0.25) is 5.43 Å². The van der Waals surface area contributed by atoms with Crippen molar-refractivity contribution in [1.82, 2.24) is 4.57 Å². The van der Waals surface area contributed by atoms with Crippen molar-refractivity contribution in [2.75, 3.05) is 12.0 Å². The average molecular weight is 361 g/mol. The van der Waals surface area contributed by atoms with E-state index in [1.165, 1.54) is 0 Å². The summed E-state index contributed by atoms with van der Waals surface area (Å²) in [5.74, 6) is -0.310. The molecule has 0 spiro atoms. The van der Waals surface area contributed by atoms with Gasteiger partial charge < -0.3 is 9.30 Å². The quantitative estimate of drug-likeness (QED) is 0.393. The maximum Gasteiger partial charge on any atom is 0.338 e. The first kappa shape index (κ1) is 18.5. The fourth-order valence-electron chi connectivity index (χ4n) is 2.99. The average Bonchev–Trinajstić information content (AvgIpc) is 2.96. The molecule has 0 aliphatic heterocycles. The molecule has 5 nitrogen and oxygen atoms in total. The van der Waals surface area contributed by atoms with Gasteiger partial charge in [0, 0.05) is 22.6 Å². The molecule has 0 bridgehead atoms. The minimum absolute atomic E-state index is 0.310. The molecule has 0 aliphatic carbocycles. The Morgan fingerprint density at radius 2 is 1.89 bits per heavy atom. The summed E-state index contributed by atoms with van der Waals surface area (Å²) < 4.78 is 7.21. The number of aromatic nitrogens is 1. The van der Waals surface area contributed by atoms with Crippen LogP contribution in [0.1, 0.15) is 34.2 Å². The van der Waals surface area contributed by atoms with E-state index in [-0.39, 0.29) is 5.97 Å². The van der Waals surface area contributed by atoms with Crippen molar-refractivity contribution in [1.29, 1.82) is 0 Å². The Morgan fingerprint density at radius 1 is 1.11 bits per heavy atom. The van der Waals surface area contributed by atoms with Gasteiger partial charge in [-0.15, -0.1) is 0 Å². The Labute approximate surface area is 159 Å². The van der Waals surface area contributed by atoms with Crippen LogP contribution in [0, 0.1) is 13.8 Å². The number of para-hydroxylation sites is 1. The molecule has 0 atom stereocenters. The Balaban J connectivity index is 1.86. The summed E-state index contributed by atoms with van der Waals surface area (Å²) in [6.45, 7) is 6.23. The third-order valence-electron chi connectivity index (χ3n) is 4.26. The summed E-state index contributed by atoms with van der Waals surface area (Å²) in [6.07, 6.45) is 1.81. The number of hydrazone groups is 1. The van der Waals surface area contributed by atoms with Crippen molar-refractivity contribution in [2.24, 2.45) is 5.10 Å². The lowest BCUT2D eigenvalue weighted by Gasteiger charge is -2.11. The number of carbonyl (C=O) groups excluding carboxylic acids is 1. The van der Waals surface area contributed by atoms with Crippen molar-refractivity contribution < 1.29 is 9.53 Å². The number of benzene rings is 2. The molecule has 0 aliphatic rings. The highest BCUT2D eigenvalue weighted by Crippen LogP contribution is 2.21. The van der Waals surface area contributed by atoms with E-state index >= 15 is 0 Å². The predicted octanol–water partition coefficient (Wildman–Crippen LogP) is 4.72. The highest BCUT2D eigenvalue weighted by atomic mass is 16.5. The zero-order valence-electron chi connectivity index (χ0n) is 15.8. The molecule has 0 radical (unpaired) electrons. The van der Waals surface area contributed by atoms with Crippen LogP contribution in [0.15, 0.2) is 65.8 Å². The van der Waals surface area contributed by atoms with E-state index in [1.54, 1.807) is 19.2 Å². The van der Waals surface area contributed by atoms with Gasteiger partial charge in [0.15, 0.2) is 0 Å². The van der Waals surface area contributed by atoms with Crippen LogP contribution in [0.5, 0.6) is 0 Å². The molecule has 0 fully saturated rings. The molecule has 2 aromatic carbocycles. The van der Waals surface area contributed by atoms with Gasteiger partial charge in [-0.05, 0) is 57.2 Å². The Kier molecular flexibility index (Phi) is 5.71. The molecule has 3 aromatic rings. The van der Waals surface area contributed by atoms with Gasteiger partial charge >= 0.3 is 5.97 Å². The Hall–Kier alpha value is -3.34. The summed E-state index contributed by atoms with van der Waals surface area (Å²) in [5.41, 5.74) is 8.55. The maximum absolute atomic E-state index is 12.0. The molecule has 0 amide bonds. The predicted molar refractivity (Wildman–Crippen MR) is 109 cm³/mol. The summed E-state index contributed by atoms with van der Waals surface area (Å²) >= 11 is 0. The van der Waals surface area contributed by atoms with Gasteiger partial charge in [0.2, 0.25) is 0 Å². The maximum atomic E-state index is 12.0. The van der Waals surface area contributed by atoms with E-state index < -0.39 is 0 Å². The van der Waals surface area contributed by atoms with Crippen LogP contribution in [0.25, 0.3) is 5.69 Å². The fourth-order valence-corrected chi connectivity index (χ4v) is 2.99. The topological polar surface area (TPSA) is 55.6 Å². The number of nitrogens with zero attached hydrogens (tertiary/aromatic N) is 2. The molecule has 0 unspecified atom stereocenters. The van der Waals surface area contributed by atoms with E-state index in [1.807, 2.05) is 62.4 Å². The molecule has 5 heteroatoms. The van der Waals surface area contributed by atoms with Crippen molar-refractivity contribution in [3.05, 3.63) is 83.2 Å². The van der Waals surface area contributed by atoms with Crippen LogP contribution < -0.4 is 5.43 Å². The smallest absolute Gasteiger partial charge is 0.338 e. The van der Waals surface area contributed by atoms with Gasteiger partial charge in [-0.25, -0.2) is 4.79 Å². The number of hydrogen-bond acceptors (Lipinski definition) is 4. The van der Waals surface area contributed by atoms with E-state index in [9.17, 15) is 4.79 Å². The van der Waals surface area contributed by atoms with Gasteiger partial charge in [0.25, 0.3) is 0 Å². The first-order chi connectivity index (χ1) is 13.1. The Bertz CT molecular complexity index is 959. The van der Waals surface area contributed by atoms with Gasteiger partial charge in [0.1, 0.15) is 0 Å². The minimum atomic E-state index is -0.310. The van der Waals surface area contributed by atoms with Gasteiger partial charge in [-0.2, -0.15) is 5.10 Å². The van der Waals surface area contributed by atoms with Crippen molar-refractivity contribution in [3.63, 3.8) is 0 Å². The zero-order chi connectivity index (χ0) is 19.2. The Morgan fingerprint density at radius 3 is 2.63 bits per heavy atom. The summed E-state index contributed by atoms with van der Waals surface area (Å²) in [4.78, 5) is 12.0. The first-order valence-electron chi connectivity index (χ1n) is 8.90. The van der Waals surface area contributed by atoms with Crippen LogP contribution in [0.3, 0.4) is 0 Å². The first-order valence-corrected chi connectivity index (χ1v) is 8.90. The molecular weight excluding hydrogens is 338 g/mol. The van der Waals surface area contributed by atoms with E-state index in [4.69, 9.17) is 4.74 Å². The van der Waals surface area contributed by atoms with E-state index in [0.717, 1.165) is 28.3 Å². The molecule has 1 aromatic heterocycles. The number of aryl methyl sites for hydroxylation is 1. The normalized spacial score (nSPS) is 10.9. The number of rotatable bonds is 6. The molecule has 3 rings (SSSR count). The van der Waals surface area contributed by atoms with Crippen LogP contribution in [0.4, 0.5) is 5.69 Å². The molecule has 0 saturated carbocycles. The monoisotopic (exact) mass is 361 g/mol. The molecule has 1 heterocycles. The third kappa shape index (κ3) is 4.26. The second-order valence-electron chi connectivity index (χ2n) is 6.17. The van der Waals surface area contributed by atoms with Gasteiger partial charge in [-0.1, -0.05) is 24.3 Å². The number of hydrogen-bond donors (Lipinski definition) is 1. The van der Waals surface area contributed by atoms with E-state index in [2.05, 4.69) is 21.2 Å². The standard InChI is InChI=1S/C22H23N3O2/c1-4-27-22(26)18-9-8-12-21(14-18)25-16(2)13-19(17(25)3)15-23-24-20-10-6-5-7-11-20/h5-15,24H,4H2,1-3H3/b23-15-. The number of esters is 1. The van der Waals surface area contributed by atoms with E-state index in [0.29, 0.717) is 12.2 Å². The molecule has 0 saturated heterocycles. The highest BCUT2D eigenvalue weighted by molar-refractivity contribution is 5.90. The van der Waals surface area contributed by atoms with Crippen LogP contribution in [-0.4, -0.2) is 23.4 Å². The van der Waals surface area contributed by atoms with Crippen LogP contribution in [-0.2, 0) is 4.74 Å². The summed E-state index contributed by atoms with van der Waals surface area (Å²) in [6, 6.07) is 19.3. The lowest BCUT2D eigenvalue weighted by atomic mass is 10.2. The van der Waals surface area contributed by atoms with Crippen molar-refractivity contribution in [3.8, 4) is 5.69 Å². The number of ether oxygens (including phenoxy) is 1. The fraction of sp³-hybridized carbons (Fsp3) is 0.182. The second-order valence-corrected chi connectivity index (χ2v) is 6.17. The van der Waals surface area contributed by atoms with Crippen LogP contribution >= 0.6 is 0 Å². The molecule has 27 heavy (non-hydrogen) atoms. The summed E-state index contributed by atoms with van der Waals surface area (Å²) in [7, 11) is 0. The second kappa shape index (κ2) is 8.36. The third-order valence-corrected chi connectivity index (χ3v) is 4.26. The minimum Gasteiger partial charge on any atom is -0.462 e. The highest BCUT2D eigenvalue weighted by Gasteiger charge is 2.12. The number of carbonyl (C=O) groups is 1. The molecule has 1 N–H and O–H groups in total. The number of nitrogens with one attached hydrogen (secondary N) is 1. The lowest BCUT2D eigenvalue weighted by molar-refractivity contribution is 0.0526. The largest absolute Gasteiger partial charge is 0.462 e. The zero-order valence-corrected chi connectivity index (χ0v) is 15.8.